The Balaban J connectivity index is 1.80. The van der Waals surface area contributed by atoms with Crippen molar-refractivity contribution >= 4 is 17.5 Å². The van der Waals surface area contributed by atoms with Crippen molar-refractivity contribution in [1.82, 2.24) is 5.32 Å². The van der Waals surface area contributed by atoms with Crippen LogP contribution < -0.4 is 10.1 Å². The smallest absolute Gasteiger partial charge is 0.258 e. The van der Waals surface area contributed by atoms with E-state index < -0.39 is 0 Å². The summed E-state index contributed by atoms with van der Waals surface area (Å²) in [5.41, 5.74) is 0.895. The van der Waals surface area contributed by atoms with Gasteiger partial charge in [0.1, 0.15) is 11.5 Å². The second kappa shape index (κ2) is 6.29. The Hall–Kier alpha value is -1.94. The molecule has 0 unspecified atom stereocenters. The van der Waals surface area contributed by atoms with Gasteiger partial charge in [0.2, 0.25) is 0 Å². The van der Waals surface area contributed by atoms with Gasteiger partial charge in [-0.05, 0) is 42.8 Å². The molecule has 0 aliphatic rings. The molecule has 1 aromatic heterocycles. The van der Waals surface area contributed by atoms with Crippen LogP contribution in [0.5, 0.6) is 5.75 Å². The molecule has 0 fully saturated rings. The summed E-state index contributed by atoms with van der Waals surface area (Å²) in [6.45, 7) is 2.19. The molecule has 4 nitrogen and oxygen atoms in total. The molecular formula is C14H14ClNO3. The molecule has 0 saturated heterocycles. The highest BCUT2D eigenvalue weighted by molar-refractivity contribution is 6.30. The molecule has 0 aliphatic heterocycles. The molecule has 5 heteroatoms. The fourth-order valence-electron chi connectivity index (χ4n) is 1.57. The topological polar surface area (TPSA) is 51.5 Å². The minimum absolute atomic E-state index is 0.0385. The van der Waals surface area contributed by atoms with Crippen LogP contribution in [-0.2, 0) is 11.3 Å². The van der Waals surface area contributed by atoms with Gasteiger partial charge in [-0.1, -0.05) is 11.6 Å². The molecule has 0 saturated carbocycles. The lowest BCUT2D eigenvalue weighted by atomic mass is 10.2. The summed E-state index contributed by atoms with van der Waals surface area (Å²) in [5, 5.41) is 3.35. The van der Waals surface area contributed by atoms with E-state index in [1.165, 1.54) is 0 Å². The van der Waals surface area contributed by atoms with Crippen LogP contribution in [0.3, 0.4) is 0 Å². The van der Waals surface area contributed by atoms with Gasteiger partial charge in [0.15, 0.2) is 6.61 Å². The van der Waals surface area contributed by atoms with Gasteiger partial charge < -0.3 is 14.5 Å². The van der Waals surface area contributed by atoms with Crippen LogP contribution in [0.1, 0.15) is 11.3 Å². The van der Waals surface area contributed by atoms with Crippen molar-refractivity contribution in [2.75, 3.05) is 6.61 Å². The van der Waals surface area contributed by atoms with Gasteiger partial charge in [-0.3, -0.25) is 4.79 Å². The third kappa shape index (κ3) is 4.03. The summed E-state index contributed by atoms with van der Waals surface area (Å²) in [5.74, 6) is 1.15. The van der Waals surface area contributed by atoms with Crippen molar-refractivity contribution in [3.8, 4) is 5.75 Å². The normalized spacial score (nSPS) is 10.2. The average molecular weight is 280 g/mol. The number of hydrogen-bond donors (Lipinski definition) is 1. The molecule has 0 spiro atoms. The predicted octanol–water partition coefficient (Wildman–Crippen LogP) is 2.94. The highest BCUT2D eigenvalue weighted by atomic mass is 35.5. The van der Waals surface area contributed by atoms with Crippen LogP contribution >= 0.6 is 11.6 Å². The first kappa shape index (κ1) is 13.5. The summed E-state index contributed by atoms with van der Waals surface area (Å²) in [7, 11) is 0. The lowest BCUT2D eigenvalue weighted by Gasteiger charge is -2.09. The highest BCUT2D eigenvalue weighted by Crippen LogP contribution is 2.21. The molecule has 2 aromatic rings. The number of carbonyl (C=O) groups is 1. The van der Waals surface area contributed by atoms with Crippen molar-refractivity contribution in [2.45, 2.75) is 13.5 Å². The Kier molecular flexibility index (Phi) is 4.47. The van der Waals surface area contributed by atoms with Crippen LogP contribution in [0.4, 0.5) is 0 Å². The third-order valence-electron chi connectivity index (χ3n) is 2.54. The number of furan rings is 1. The number of halogens is 1. The van der Waals surface area contributed by atoms with Gasteiger partial charge in [0.25, 0.3) is 5.91 Å². The van der Waals surface area contributed by atoms with Crippen molar-refractivity contribution in [1.29, 1.82) is 0 Å². The zero-order valence-electron chi connectivity index (χ0n) is 10.5. The van der Waals surface area contributed by atoms with E-state index >= 15 is 0 Å². The third-order valence-corrected chi connectivity index (χ3v) is 2.77. The summed E-state index contributed by atoms with van der Waals surface area (Å²) in [6.07, 6.45) is 1.56. The second-order valence-electron chi connectivity index (χ2n) is 4.05. The molecule has 0 aliphatic carbocycles. The largest absolute Gasteiger partial charge is 0.484 e. The Morgan fingerprint density at radius 2 is 2.26 bits per heavy atom. The van der Waals surface area contributed by atoms with E-state index in [4.69, 9.17) is 20.8 Å². The fourth-order valence-corrected chi connectivity index (χ4v) is 1.79. The van der Waals surface area contributed by atoms with Crippen LogP contribution in [-0.4, -0.2) is 12.5 Å². The number of hydrogen-bond acceptors (Lipinski definition) is 3. The first-order chi connectivity index (χ1) is 9.15. The number of benzene rings is 1. The van der Waals surface area contributed by atoms with Gasteiger partial charge >= 0.3 is 0 Å². The fraction of sp³-hybridized carbons (Fsp3) is 0.214. The first-order valence-electron chi connectivity index (χ1n) is 5.83. The maximum atomic E-state index is 11.6. The van der Waals surface area contributed by atoms with Gasteiger partial charge in [-0.25, -0.2) is 0 Å². The summed E-state index contributed by atoms with van der Waals surface area (Å²) in [4.78, 5) is 11.6. The number of amides is 1. The Labute approximate surface area is 116 Å². The molecule has 2 rings (SSSR count). The number of ether oxygens (including phenoxy) is 1. The average Bonchev–Trinajstić information content (AvgIpc) is 2.88. The molecule has 1 heterocycles. The quantitative estimate of drug-likeness (QED) is 0.915. The number of rotatable bonds is 5. The lowest BCUT2D eigenvalue weighted by Crippen LogP contribution is -2.28. The molecule has 1 aromatic carbocycles. The van der Waals surface area contributed by atoms with E-state index in [0.29, 0.717) is 23.1 Å². The van der Waals surface area contributed by atoms with E-state index in [2.05, 4.69) is 5.32 Å². The summed E-state index contributed by atoms with van der Waals surface area (Å²) in [6, 6.07) is 8.83. The van der Waals surface area contributed by atoms with Gasteiger partial charge in [-0.2, -0.15) is 0 Å². The predicted molar refractivity (Wildman–Crippen MR) is 72.2 cm³/mol. The molecule has 0 radical (unpaired) electrons. The Morgan fingerprint density at radius 3 is 2.95 bits per heavy atom. The number of aryl methyl sites for hydroxylation is 1. The SMILES string of the molecule is Cc1cc(Cl)ccc1OCC(=O)NCc1ccco1. The van der Waals surface area contributed by atoms with E-state index in [1.807, 2.05) is 6.92 Å². The molecular weight excluding hydrogens is 266 g/mol. The van der Waals surface area contributed by atoms with Crippen LogP contribution in [0.15, 0.2) is 41.0 Å². The van der Waals surface area contributed by atoms with Crippen LogP contribution in [0.25, 0.3) is 0 Å². The first-order valence-corrected chi connectivity index (χ1v) is 6.21. The molecule has 1 N–H and O–H groups in total. The van der Waals surface area contributed by atoms with E-state index in [9.17, 15) is 4.79 Å². The second-order valence-corrected chi connectivity index (χ2v) is 4.49. The molecule has 19 heavy (non-hydrogen) atoms. The highest BCUT2D eigenvalue weighted by Gasteiger charge is 2.06. The zero-order valence-corrected chi connectivity index (χ0v) is 11.2. The van der Waals surface area contributed by atoms with Gasteiger partial charge in [-0.15, -0.1) is 0 Å². The Morgan fingerprint density at radius 1 is 1.42 bits per heavy atom. The maximum Gasteiger partial charge on any atom is 0.258 e. The monoisotopic (exact) mass is 279 g/mol. The molecule has 1 amide bonds. The number of carbonyl (C=O) groups excluding carboxylic acids is 1. The maximum absolute atomic E-state index is 11.6. The van der Waals surface area contributed by atoms with Crippen molar-refractivity contribution in [3.63, 3.8) is 0 Å². The summed E-state index contributed by atoms with van der Waals surface area (Å²) < 4.78 is 10.5. The van der Waals surface area contributed by atoms with Crippen molar-refractivity contribution in [2.24, 2.45) is 0 Å². The Bertz CT molecular complexity index is 552. The van der Waals surface area contributed by atoms with Gasteiger partial charge in [0.05, 0.1) is 12.8 Å². The van der Waals surface area contributed by atoms with Crippen molar-refractivity contribution in [3.05, 3.63) is 52.9 Å². The van der Waals surface area contributed by atoms with Crippen LogP contribution in [0, 0.1) is 6.92 Å². The van der Waals surface area contributed by atoms with Gasteiger partial charge in [0, 0.05) is 5.02 Å². The van der Waals surface area contributed by atoms with E-state index in [-0.39, 0.29) is 12.5 Å². The standard InChI is InChI=1S/C14H14ClNO3/c1-10-7-11(15)4-5-13(10)19-9-14(17)16-8-12-3-2-6-18-12/h2-7H,8-9H2,1H3,(H,16,17). The van der Waals surface area contributed by atoms with Crippen molar-refractivity contribution < 1.29 is 13.9 Å². The minimum atomic E-state index is -0.203. The summed E-state index contributed by atoms with van der Waals surface area (Å²) >= 11 is 5.84. The number of nitrogens with one attached hydrogen (secondary N) is 1. The molecule has 0 bridgehead atoms. The molecule has 0 atom stereocenters. The minimum Gasteiger partial charge on any atom is -0.484 e. The van der Waals surface area contributed by atoms with E-state index in [1.54, 1.807) is 36.6 Å². The molecule has 100 valence electrons. The van der Waals surface area contributed by atoms with Crippen LogP contribution in [0.2, 0.25) is 5.02 Å². The van der Waals surface area contributed by atoms with E-state index in [0.717, 1.165) is 5.56 Å². The zero-order chi connectivity index (χ0) is 13.7. The lowest BCUT2D eigenvalue weighted by molar-refractivity contribution is -0.123.